The van der Waals surface area contributed by atoms with E-state index in [1.54, 1.807) is 7.11 Å². The zero-order valence-electron chi connectivity index (χ0n) is 9.08. The lowest BCUT2D eigenvalue weighted by atomic mass is 10.00. The molecule has 1 nitrogen and oxygen atoms in total. The molecule has 0 unspecified atom stereocenters. The first-order valence-electron chi connectivity index (χ1n) is 4.96. The van der Waals surface area contributed by atoms with E-state index in [-0.39, 0.29) is 0 Å². The van der Waals surface area contributed by atoms with Crippen molar-refractivity contribution in [3.63, 3.8) is 0 Å². The van der Waals surface area contributed by atoms with E-state index >= 15 is 0 Å². The molecular weight excluding hydrogens is 192 g/mol. The molecule has 0 aliphatic rings. The van der Waals surface area contributed by atoms with E-state index in [1.807, 2.05) is 0 Å². The fraction of sp³-hybridized carbons (Fsp3) is 0.500. The molecule has 2 heteroatoms. The highest BCUT2D eigenvalue weighted by molar-refractivity contribution is 7.80. The number of ether oxygens (including phenoxy) is 1. The standard InChI is InChI=1S/C12H18OS/c1-9(2)11-5-4-10(6-7-14)12(8-11)13-3/h4-5,8-9,14H,6-7H2,1-3H3. The summed E-state index contributed by atoms with van der Waals surface area (Å²) in [6, 6.07) is 6.44. The van der Waals surface area contributed by atoms with Gasteiger partial charge >= 0.3 is 0 Å². The van der Waals surface area contributed by atoms with Crippen LogP contribution in [0.1, 0.15) is 30.9 Å². The molecule has 1 rings (SSSR count). The van der Waals surface area contributed by atoms with E-state index in [0.29, 0.717) is 5.92 Å². The summed E-state index contributed by atoms with van der Waals surface area (Å²) >= 11 is 4.23. The molecular formula is C12H18OS. The smallest absolute Gasteiger partial charge is 0.122 e. The normalized spacial score (nSPS) is 10.6. The average molecular weight is 210 g/mol. The predicted octanol–water partition coefficient (Wildman–Crippen LogP) is 3.29. The molecule has 0 amide bonds. The molecule has 14 heavy (non-hydrogen) atoms. The Kier molecular flexibility index (Phi) is 4.33. The molecule has 1 aromatic carbocycles. The summed E-state index contributed by atoms with van der Waals surface area (Å²) in [5, 5.41) is 0. The molecule has 0 radical (unpaired) electrons. The maximum atomic E-state index is 5.35. The van der Waals surface area contributed by atoms with Gasteiger partial charge in [-0.25, -0.2) is 0 Å². The summed E-state index contributed by atoms with van der Waals surface area (Å²) in [6.45, 7) is 4.38. The van der Waals surface area contributed by atoms with Gasteiger partial charge in [-0.3, -0.25) is 0 Å². The van der Waals surface area contributed by atoms with Gasteiger partial charge in [0.2, 0.25) is 0 Å². The lowest BCUT2D eigenvalue weighted by molar-refractivity contribution is 0.409. The van der Waals surface area contributed by atoms with Crippen LogP contribution in [-0.4, -0.2) is 12.9 Å². The number of benzene rings is 1. The van der Waals surface area contributed by atoms with Gasteiger partial charge in [0.05, 0.1) is 7.11 Å². The van der Waals surface area contributed by atoms with Crippen molar-refractivity contribution >= 4 is 12.6 Å². The third kappa shape index (κ3) is 2.68. The van der Waals surface area contributed by atoms with Crippen LogP contribution in [0.5, 0.6) is 5.75 Å². The fourth-order valence-corrected chi connectivity index (χ4v) is 1.69. The molecule has 0 atom stereocenters. The molecule has 1 aromatic rings. The second kappa shape index (κ2) is 5.30. The highest BCUT2D eigenvalue weighted by Crippen LogP contribution is 2.25. The van der Waals surface area contributed by atoms with E-state index < -0.39 is 0 Å². The summed E-state index contributed by atoms with van der Waals surface area (Å²) in [5.41, 5.74) is 2.57. The molecule has 0 saturated heterocycles. The Hall–Kier alpha value is -0.630. The Labute approximate surface area is 91.9 Å². The first-order chi connectivity index (χ1) is 6.69. The highest BCUT2D eigenvalue weighted by Gasteiger charge is 2.05. The Morgan fingerprint density at radius 3 is 2.57 bits per heavy atom. The van der Waals surface area contributed by atoms with Crippen LogP contribution in [0.4, 0.5) is 0 Å². The van der Waals surface area contributed by atoms with Crippen LogP contribution in [0.2, 0.25) is 0 Å². The topological polar surface area (TPSA) is 9.23 Å². The van der Waals surface area contributed by atoms with Crippen LogP contribution in [-0.2, 0) is 6.42 Å². The quantitative estimate of drug-likeness (QED) is 0.750. The fourth-order valence-electron chi connectivity index (χ4n) is 1.45. The molecule has 0 saturated carbocycles. The van der Waals surface area contributed by atoms with Gasteiger partial charge in [0, 0.05) is 0 Å². The maximum Gasteiger partial charge on any atom is 0.122 e. The average Bonchev–Trinajstić information content (AvgIpc) is 2.18. The van der Waals surface area contributed by atoms with Crippen molar-refractivity contribution in [1.29, 1.82) is 0 Å². The van der Waals surface area contributed by atoms with E-state index in [2.05, 4.69) is 44.7 Å². The van der Waals surface area contributed by atoms with Gasteiger partial charge < -0.3 is 4.74 Å². The van der Waals surface area contributed by atoms with Crippen LogP contribution in [0.15, 0.2) is 18.2 Å². The van der Waals surface area contributed by atoms with Crippen molar-refractivity contribution in [3.8, 4) is 5.75 Å². The minimum Gasteiger partial charge on any atom is -0.496 e. The Balaban J connectivity index is 2.98. The van der Waals surface area contributed by atoms with Crippen molar-refractivity contribution in [3.05, 3.63) is 29.3 Å². The van der Waals surface area contributed by atoms with Crippen molar-refractivity contribution < 1.29 is 4.74 Å². The number of thiol groups is 1. The first-order valence-corrected chi connectivity index (χ1v) is 5.60. The van der Waals surface area contributed by atoms with E-state index in [1.165, 1.54) is 11.1 Å². The van der Waals surface area contributed by atoms with Gasteiger partial charge in [-0.2, -0.15) is 12.6 Å². The number of rotatable bonds is 4. The monoisotopic (exact) mass is 210 g/mol. The van der Waals surface area contributed by atoms with E-state index in [4.69, 9.17) is 4.74 Å². The van der Waals surface area contributed by atoms with E-state index in [0.717, 1.165) is 17.9 Å². The van der Waals surface area contributed by atoms with Crippen LogP contribution >= 0.6 is 12.6 Å². The Bertz CT molecular complexity index is 294. The molecule has 0 heterocycles. The first kappa shape index (κ1) is 11.4. The van der Waals surface area contributed by atoms with E-state index in [9.17, 15) is 0 Å². The minimum absolute atomic E-state index is 0.550. The molecule has 0 spiro atoms. The van der Waals surface area contributed by atoms with Gasteiger partial charge in [-0.05, 0) is 35.3 Å². The zero-order chi connectivity index (χ0) is 10.6. The molecule has 0 aliphatic heterocycles. The molecule has 0 aliphatic carbocycles. The second-order valence-corrected chi connectivity index (χ2v) is 4.15. The van der Waals surface area contributed by atoms with Crippen LogP contribution in [0.25, 0.3) is 0 Å². The number of hydrogen-bond acceptors (Lipinski definition) is 2. The molecule has 0 fully saturated rings. The van der Waals surface area contributed by atoms with Crippen molar-refractivity contribution in [2.45, 2.75) is 26.2 Å². The summed E-state index contributed by atoms with van der Waals surface area (Å²) in [5.74, 6) is 2.40. The summed E-state index contributed by atoms with van der Waals surface area (Å²) in [4.78, 5) is 0. The lowest BCUT2D eigenvalue weighted by Gasteiger charge is -2.11. The zero-order valence-corrected chi connectivity index (χ0v) is 9.97. The van der Waals surface area contributed by atoms with Gasteiger partial charge in [0.15, 0.2) is 0 Å². The molecule has 0 aromatic heterocycles. The maximum absolute atomic E-state index is 5.35. The highest BCUT2D eigenvalue weighted by atomic mass is 32.1. The largest absolute Gasteiger partial charge is 0.496 e. The van der Waals surface area contributed by atoms with Gasteiger partial charge in [0.25, 0.3) is 0 Å². The summed E-state index contributed by atoms with van der Waals surface area (Å²) in [6.07, 6.45) is 0.963. The third-order valence-corrected chi connectivity index (χ3v) is 2.58. The molecule has 0 bridgehead atoms. The SMILES string of the molecule is COc1cc(C(C)C)ccc1CCS. The van der Waals surface area contributed by atoms with Crippen molar-refractivity contribution in [2.24, 2.45) is 0 Å². The predicted molar refractivity (Wildman–Crippen MR) is 64.6 cm³/mol. The van der Waals surface area contributed by atoms with Gasteiger partial charge in [-0.15, -0.1) is 0 Å². The van der Waals surface area contributed by atoms with Crippen molar-refractivity contribution in [1.82, 2.24) is 0 Å². The Morgan fingerprint density at radius 2 is 2.07 bits per heavy atom. The second-order valence-electron chi connectivity index (χ2n) is 3.70. The molecule has 0 N–H and O–H groups in total. The molecule has 78 valence electrons. The number of hydrogen-bond donors (Lipinski definition) is 1. The Morgan fingerprint density at radius 1 is 1.36 bits per heavy atom. The third-order valence-electron chi connectivity index (χ3n) is 2.36. The summed E-state index contributed by atoms with van der Waals surface area (Å²) < 4.78 is 5.35. The van der Waals surface area contributed by atoms with Gasteiger partial charge in [-0.1, -0.05) is 26.0 Å². The number of methoxy groups -OCH3 is 1. The van der Waals surface area contributed by atoms with Crippen LogP contribution < -0.4 is 4.74 Å². The number of aryl methyl sites for hydroxylation is 1. The van der Waals surface area contributed by atoms with Crippen molar-refractivity contribution in [2.75, 3.05) is 12.9 Å². The van der Waals surface area contributed by atoms with Crippen LogP contribution in [0.3, 0.4) is 0 Å². The van der Waals surface area contributed by atoms with Crippen LogP contribution in [0, 0.1) is 0 Å². The van der Waals surface area contributed by atoms with Gasteiger partial charge in [0.1, 0.15) is 5.75 Å². The summed E-state index contributed by atoms with van der Waals surface area (Å²) in [7, 11) is 1.72. The minimum atomic E-state index is 0.550. The lowest BCUT2D eigenvalue weighted by Crippen LogP contribution is -1.96.